The predicted molar refractivity (Wildman–Crippen MR) is 62.2 cm³/mol. The monoisotopic (exact) mass is 229 g/mol. The Morgan fingerprint density at radius 1 is 1.44 bits per heavy atom. The van der Waals surface area contributed by atoms with Crippen LogP contribution in [-0.2, 0) is 4.74 Å². The van der Waals surface area contributed by atoms with Crippen molar-refractivity contribution in [3.63, 3.8) is 0 Å². The molecule has 94 valence electrons. The van der Waals surface area contributed by atoms with Crippen molar-refractivity contribution >= 4 is 6.09 Å². The minimum absolute atomic E-state index is 0.0100. The zero-order valence-electron chi connectivity index (χ0n) is 10.5. The normalized spacial score (nSPS) is 19.5. The number of nitrogens with one attached hydrogen (secondary N) is 1. The molecule has 1 aliphatic rings. The highest BCUT2D eigenvalue weighted by molar-refractivity contribution is 5.68. The molecule has 16 heavy (non-hydrogen) atoms. The van der Waals surface area contributed by atoms with E-state index in [0.717, 1.165) is 12.8 Å². The molecule has 2 N–H and O–H groups in total. The van der Waals surface area contributed by atoms with Crippen LogP contribution in [0.1, 0.15) is 46.5 Å². The van der Waals surface area contributed by atoms with E-state index in [1.807, 2.05) is 20.8 Å². The summed E-state index contributed by atoms with van der Waals surface area (Å²) < 4.78 is 5.17. The summed E-state index contributed by atoms with van der Waals surface area (Å²) in [7, 11) is 0. The van der Waals surface area contributed by atoms with Gasteiger partial charge >= 0.3 is 6.09 Å². The maximum Gasteiger partial charge on any atom is 0.407 e. The van der Waals surface area contributed by atoms with Crippen molar-refractivity contribution in [1.29, 1.82) is 0 Å². The molecule has 0 aromatic carbocycles. The van der Waals surface area contributed by atoms with Crippen LogP contribution in [0.3, 0.4) is 0 Å². The smallest absolute Gasteiger partial charge is 0.407 e. The molecule has 0 bridgehead atoms. The quantitative estimate of drug-likeness (QED) is 0.778. The van der Waals surface area contributed by atoms with E-state index in [0.29, 0.717) is 5.92 Å². The molecule has 4 heteroatoms. The molecular formula is C12H23NO3. The largest absolute Gasteiger partial charge is 0.444 e. The minimum atomic E-state index is -0.486. The first kappa shape index (κ1) is 13.3. The Morgan fingerprint density at radius 2 is 2.00 bits per heavy atom. The lowest BCUT2D eigenvalue weighted by atomic mass is 9.99. The molecule has 0 aromatic rings. The summed E-state index contributed by atoms with van der Waals surface area (Å²) in [5.74, 6) is 0.400. The van der Waals surface area contributed by atoms with E-state index in [1.165, 1.54) is 12.8 Å². The molecule has 4 nitrogen and oxygen atoms in total. The zero-order valence-corrected chi connectivity index (χ0v) is 10.5. The Labute approximate surface area is 97.4 Å². The van der Waals surface area contributed by atoms with Crippen molar-refractivity contribution in [3.8, 4) is 0 Å². The number of aliphatic hydroxyl groups excluding tert-OH is 1. The second-order valence-corrected chi connectivity index (χ2v) is 5.48. The summed E-state index contributed by atoms with van der Waals surface area (Å²) in [5.41, 5.74) is -0.486. The summed E-state index contributed by atoms with van der Waals surface area (Å²) in [6.07, 6.45) is 4.12. The van der Waals surface area contributed by atoms with Crippen molar-refractivity contribution in [2.75, 3.05) is 6.61 Å². The van der Waals surface area contributed by atoms with Crippen LogP contribution in [0.5, 0.6) is 0 Å². The molecule has 1 atom stereocenters. The molecule has 0 saturated heterocycles. The van der Waals surface area contributed by atoms with E-state index < -0.39 is 11.7 Å². The van der Waals surface area contributed by atoms with Crippen molar-refractivity contribution in [1.82, 2.24) is 5.32 Å². The van der Waals surface area contributed by atoms with E-state index in [1.54, 1.807) is 0 Å². The number of aliphatic hydroxyl groups is 1. The van der Waals surface area contributed by atoms with Gasteiger partial charge in [0.15, 0.2) is 0 Å². The Hall–Kier alpha value is -0.770. The van der Waals surface area contributed by atoms with Gasteiger partial charge in [-0.25, -0.2) is 4.79 Å². The maximum atomic E-state index is 11.5. The van der Waals surface area contributed by atoms with Gasteiger partial charge in [0, 0.05) is 0 Å². The molecule has 1 rings (SSSR count). The zero-order chi connectivity index (χ0) is 12.2. The van der Waals surface area contributed by atoms with Gasteiger partial charge in [0.2, 0.25) is 0 Å². The average Bonchev–Trinajstić information content (AvgIpc) is 2.63. The standard InChI is InChI=1S/C12H23NO3/c1-12(2,3)16-11(15)13-10(8-14)9-6-4-5-7-9/h9-10,14H,4-8H2,1-3H3,(H,13,15)/t10-/m0/s1. The van der Waals surface area contributed by atoms with E-state index in [9.17, 15) is 9.90 Å². The highest BCUT2D eigenvalue weighted by Gasteiger charge is 2.27. The van der Waals surface area contributed by atoms with Crippen LogP contribution in [0, 0.1) is 5.92 Å². The maximum absolute atomic E-state index is 11.5. The fourth-order valence-electron chi connectivity index (χ4n) is 2.13. The van der Waals surface area contributed by atoms with Gasteiger partial charge in [-0.1, -0.05) is 12.8 Å². The third-order valence-corrected chi connectivity index (χ3v) is 2.87. The van der Waals surface area contributed by atoms with Crippen molar-refractivity contribution in [2.45, 2.75) is 58.1 Å². The lowest BCUT2D eigenvalue weighted by Crippen LogP contribution is -2.44. The van der Waals surface area contributed by atoms with Gasteiger partial charge in [-0.2, -0.15) is 0 Å². The Kier molecular flexibility index (Phi) is 4.59. The summed E-state index contributed by atoms with van der Waals surface area (Å²) in [6.45, 7) is 5.48. The van der Waals surface area contributed by atoms with Crippen LogP contribution in [0.15, 0.2) is 0 Å². The average molecular weight is 229 g/mol. The molecule has 0 radical (unpaired) electrons. The first-order valence-electron chi connectivity index (χ1n) is 6.03. The molecule has 0 spiro atoms. The number of alkyl carbamates (subject to hydrolysis) is 1. The van der Waals surface area contributed by atoms with Crippen LogP contribution in [-0.4, -0.2) is 29.4 Å². The molecule has 0 heterocycles. The number of hydrogen-bond acceptors (Lipinski definition) is 3. The number of hydrogen-bond donors (Lipinski definition) is 2. The fraction of sp³-hybridized carbons (Fsp3) is 0.917. The number of carbonyl (C=O) groups excluding carboxylic acids is 1. The summed E-state index contributed by atoms with van der Waals surface area (Å²) in [4.78, 5) is 11.5. The fourth-order valence-corrected chi connectivity index (χ4v) is 2.13. The van der Waals surface area contributed by atoms with E-state index in [2.05, 4.69) is 5.32 Å². The van der Waals surface area contributed by atoms with Crippen molar-refractivity contribution in [2.24, 2.45) is 5.92 Å². The first-order chi connectivity index (χ1) is 7.42. The van der Waals surface area contributed by atoms with E-state index in [4.69, 9.17) is 4.74 Å². The Bertz CT molecular complexity index is 229. The van der Waals surface area contributed by atoms with Crippen LogP contribution in [0.2, 0.25) is 0 Å². The number of carbonyl (C=O) groups is 1. The second kappa shape index (κ2) is 5.53. The summed E-state index contributed by atoms with van der Waals surface area (Å²) in [6, 6.07) is -0.155. The van der Waals surface area contributed by atoms with Crippen LogP contribution >= 0.6 is 0 Å². The topological polar surface area (TPSA) is 58.6 Å². The van der Waals surface area contributed by atoms with Gasteiger partial charge in [-0.15, -0.1) is 0 Å². The summed E-state index contributed by atoms with van der Waals surface area (Å²) >= 11 is 0. The SMILES string of the molecule is CC(C)(C)OC(=O)N[C@@H](CO)C1CCCC1. The van der Waals surface area contributed by atoms with Gasteiger partial charge in [-0.3, -0.25) is 0 Å². The van der Waals surface area contributed by atoms with Crippen LogP contribution in [0.4, 0.5) is 4.79 Å². The van der Waals surface area contributed by atoms with E-state index >= 15 is 0 Å². The molecule has 1 fully saturated rings. The van der Waals surface area contributed by atoms with Crippen LogP contribution < -0.4 is 5.32 Å². The van der Waals surface area contributed by atoms with E-state index in [-0.39, 0.29) is 12.6 Å². The van der Waals surface area contributed by atoms with Gasteiger partial charge in [-0.05, 0) is 39.5 Å². The Balaban J connectivity index is 2.40. The van der Waals surface area contributed by atoms with Gasteiger partial charge in [0.1, 0.15) is 5.60 Å². The molecule has 0 aromatic heterocycles. The highest BCUT2D eigenvalue weighted by atomic mass is 16.6. The third-order valence-electron chi connectivity index (χ3n) is 2.87. The molecule has 1 amide bonds. The number of ether oxygens (including phenoxy) is 1. The second-order valence-electron chi connectivity index (χ2n) is 5.48. The highest BCUT2D eigenvalue weighted by Crippen LogP contribution is 2.27. The van der Waals surface area contributed by atoms with Crippen molar-refractivity contribution < 1.29 is 14.6 Å². The predicted octanol–water partition coefficient (Wildman–Crippen LogP) is 2.06. The summed E-state index contributed by atoms with van der Waals surface area (Å²) in [5, 5.41) is 12.0. The first-order valence-corrected chi connectivity index (χ1v) is 6.03. The van der Waals surface area contributed by atoms with Gasteiger partial charge in [0.25, 0.3) is 0 Å². The van der Waals surface area contributed by atoms with Crippen molar-refractivity contribution in [3.05, 3.63) is 0 Å². The lowest BCUT2D eigenvalue weighted by molar-refractivity contribution is 0.0455. The Morgan fingerprint density at radius 3 is 2.44 bits per heavy atom. The lowest BCUT2D eigenvalue weighted by Gasteiger charge is -2.25. The third kappa shape index (κ3) is 4.39. The number of rotatable bonds is 3. The molecular weight excluding hydrogens is 206 g/mol. The molecule has 1 aliphatic carbocycles. The number of amides is 1. The van der Waals surface area contributed by atoms with Gasteiger partial charge in [0.05, 0.1) is 12.6 Å². The molecule has 0 aliphatic heterocycles. The molecule has 0 unspecified atom stereocenters. The van der Waals surface area contributed by atoms with Gasteiger partial charge < -0.3 is 15.2 Å². The molecule has 1 saturated carbocycles. The van der Waals surface area contributed by atoms with Crippen LogP contribution in [0.25, 0.3) is 0 Å². The minimum Gasteiger partial charge on any atom is -0.444 e.